The minimum absolute atomic E-state index is 0.00906. The third-order valence-corrected chi connectivity index (χ3v) is 4.38. The summed E-state index contributed by atoms with van der Waals surface area (Å²) >= 11 is 0. The van der Waals surface area contributed by atoms with Crippen molar-refractivity contribution in [3.8, 4) is 11.5 Å². The average molecular weight is 305 g/mol. The van der Waals surface area contributed by atoms with E-state index >= 15 is 0 Å². The van der Waals surface area contributed by atoms with Crippen molar-refractivity contribution < 1.29 is 24.2 Å². The number of ether oxygens (including phenoxy) is 2. The maximum Gasteiger partial charge on any atom is 0.308 e. The zero-order valence-corrected chi connectivity index (χ0v) is 12.4. The fourth-order valence-electron chi connectivity index (χ4n) is 3.06. The van der Waals surface area contributed by atoms with E-state index in [2.05, 4.69) is 0 Å². The number of hydrogen-bond acceptors (Lipinski definition) is 4. The minimum atomic E-state index is -0.826. The van der Waals surface area contributed by atoms with Crippen molar-refractivity contribution in [3.63, 3.8) is 0 Å². The Hall–Kier alpha value is -2.24. The zero-order chi connectivity index (χ0) is 15.7. The summed E-state index contributed by atoms with van der Waals surface area (Å²) in [6.07, 6.45) is 1.15. The molecule has 6 nitrogen and oxygen atoms in total. The molecule has 1 aromatic rings. The van der Waals surface area contributed by atoms with Crippen molar-refractivity contribution in [2.75, 3.05) is 26.8 Å². The summed E-state index contributed by atoms with van der Waals surface area (Å²) in [6, 6.07) is 5.59. The van der Waals surface area contributed by atoms with Crippen LogP contribution in [0.4, 0.5) is 0 Å². The molecule has 1 saturated heterocycles. The van der Waals surface area contributed by atoms with Gasteiger partial charge in [-0.25, -0.2) is 0 Å². The number of carbonyl (C=O) groups is 2. The van der Waals surface area contributed by atoms with Crippen LogP contribution in [-0.2, 0) is 16.0 Å². The normalized spacial score (nSPS) is 23.6. The van der Waals surface area contributed by atoms with Gasteiger partial charge in [-0.3, -0.25) is 9.59 Å². The number of amides is 1. The molecule has 1 amide bonds. The molecule has 1 fully saturated rings. The van der Waals surface area contributed by atoms with Crippen LogP contribution in [0, 0.1) is 11.8 Å². The molecule has 22 heavy (non-hydrogen) atoms. The lowest BCUT2D eigenvalue weighted by Gasteiger charge is -2.28. The molecule has 0 aliphatic carbocycles. The second kappa shape index (κ2) is 5.87. The fraction of sp³-hybridized carbons (Fsp3) is 0.500. The second-order valence-corrected chi connectivity index (χ2v) is 5.79. The number of hydrogen-bond donors (Lipinski definition) is 1. The molecule has 2 aliphatic heterocycles. The van der Waals surface area contributed by atoms with Crippen molar-refractivity contribution in [1.29, 1.82) is 0 Å². The first kappa shape index (κ1) is 14.7. The summed E-state index contributed by atoms with van der Waals surface area (Å²) in [7, 11) is 1.60. The van der Waals surface area contributed by atoms with Gasteiger partial charge in [0.2, 0.25) is 5.91 Å². The molecule has 0 saturated carbocycles. The lowest BCUT2D eigenvalue weighted by atomic mass is 9.95. The van der Waals surface area contributed by atoms with Gasteiger partial charge >= 0.3 is 5.97 Å². The number of carboxylic acids is 1. The van der Waals surface area contributed by atoms with Crippen LogP contribution >= 0.6 is 0 Å². The van der Waals surface area contributed by atoms with E-state index in [9.17, 15) is 9.59 Å². The predicted octanol–water partition coefficient (Wildman–Crippen LogP) is 1.18. The molecule has 3 rings (SSSR count). The fourth-order valence-corrected chi connectivity index (χ4v) is 3.06. The van der Waals surface area contributed by atoms with E-state index in [4.69, 9.17) is 14.6 Å². The van der Waals surface area contributed by atoms with Gasteiger partial charge in [-0.05, 0) is 24.5 Å². The number of aliphatic carboxylic acids is 1. The Morgan fingerprint density at radius 3 is 2.86 bits per heavy atom. The van der Waals surface area contributed by atoms with Gasteiger partial charge in [0.15, 0.2) is 0 Å². The molecule has 118 valence electrons. The number of carboxylic acid groups (broad SMARTS) is 1. The molecular weight excluding hydrogens is 286 g/mol. The van der Waals surface area contributed by atoms with Gasteiger partial charge in [-0.1, -0.05) is 6.07 Å². The van der Waals surface area contributed by atoms with Crippen LogP contribution in [-0.4, -0.2) is 48.7 Å². The van der Waals surface area contributed by atoms with E-state index < -0.39 is 11.9 Å². The number of carbonyl (C=O) groups excluding carboxylic acids is 1. The third-order valence-electron chi connectivity index (χ3n) is 4.38. The van der Waals surface area contributed by atoms with E-state index in [1.807, 2.05) is 18.2 Å². The molecule has 1 N–H and O–H groups in total. The van der Waals surface area contributed by atoms with E-state index in [-0.39, 0.29) is 11.8 Å². The Balaban J connectivity index is 1.67. The highest BCUT2D eigenvalue weighted by molar-refractivity contribution is 5.81. The van der Waals surface area contributed by atoms with Crippen LogP contribution in [0.15, 0.2) is 18.2 Å². The Bertz CT molecular complexity index is 600. The number of fused-ring (bicyclic) bond motifs is 1. The number of likely N-dealkylation sites (tertiary alicyclic amines) is 1. The Kier molecular flexibility index (Phi) is 3.92. The molecule has 0 unspecified atom stereocenters. The second-order valence-electron chi connectivity index (χ2n) is 5.79. The van der Waals surface area contributed by atoms with E-state index in [1.165, 1.54) is 0 Å². The quantitative estimate of drug-likeness (QED) is 0.907. The van der Waals surface area contributed by atoms with Gasteiger partial charge in [-0.2, -0.15) is 0 Å². The Labute approximate surface area is 128 Å². The monoisotopic (exact) mass is 305 g/mol. The van der Waals surface area contributed by atoms with E-state index in [0.29, 0.717) is 32.5 Å². The van der Waals surface area contributed by atoms with Crippen LogP contribution in [0.25, 0.3) is 0 Å². The molecule has 0 radical (unpaired) electrons. The first-order chi connectivity index (χ1) is 10.6. The summed E-state index contributed by atoms with van der Waals surface area (Å²) in [6.45, 7) is 1.15. The molecule has 0 spiro atoms. The van der Waals surface area contributed by atoms with Crippen LogP contribution in [0.2, 0.25) is 0 Å². The molecule has 2 heterocycles. The number of benzene rings is 1. The highest BCUT2D eigenvalue weighted by Crippen LogP contribution is 2.32. The van der Waals surface area contributed by atoms with Crippen molar-refractivity contribution >= 4 is 11.9 Å². The SMILES string of the molecule is COc1ccc2c(c1)OC[C@@H](C(=O)N1CC[C@@H](C(=O)O)C1)C2. The summed E-state index contributed by atoms with van der Waals surface area (Å²) in [5.74, 6) is -0.0306. The first-order valence-electron chi connectivity index (χ1n) is 7.40. The van der Waals surface area contributed by atoms with Crippen molar-refractivity contribution in [3.05, 3.63) is 23.8 Å². The van der Waals surface area contributed by atoms with Crippen LogP contribution in [0.3, 0.4) is 0 Å². The topological polar surface area (TPSA) is 76.1 Å². The highest BCUT2D eigenvalue weighted by Gasteiger charge is 2.35. The maximum absolute atomic E-state index is 12.5. The Morgan fingerprint density at radius 2 is 2.18 bits per heavy atom. The summed E-state index contributed by atoms with van der Waals surface area (Å²) < 4.78 is 10.8. The molecule has 0 bridgehead atoms. The van der Waals surface area contributed by atoms with E-state index in [0.717, 1.165) is 17.1 Å². The largest absolute Gasteiger partial charge is 0.497 e. The lowest BCUT2D eigenvalue weighted by Crippen LogP contribution is -2.40. The summed E-state index contributed by atoms with van der Waals surface area (Å²) in [5, 5.41) is 9.03. The van der Waals surface area contributed by atoms with Gasteiger partial charge in [-0.15, -0.1) is 0 Å². The molecular formula is C16H19NO5. The van der Waals surface area contributed by atoms with Gasteiger partial charge in [0.05, 0.1) is 18.9 Å². The van der Waals surface area contributed by atoms with E-state index in [1.54, 1.807) is 12.0 Å². The molecule has 2 atom stereocenters. The Morgan fingerprint density at radius 1 is 1.36 bits per heavy atom. The van der Waals surface area contributed by atoms with Crippen molar-refractivity contribution in [2.45, 2.75) is 12.8 Å². The number of nitrogens with zero attached hydrogens (tertiary/aromatic N) is 1. The smallest absolute Gasteiger partial charge is 0.308 e. The van der Waals surface area contributed by atoms with Crippen LogP contribution < -0.4 is 9.47 Å². The van der Waals surface area contributed by atoms with Crippen LogP contribution in [0.1, 0.15) is 12.0 Å². The predicted molar refractivity (Wildman–Crippen MR) is 78.0 cm³/mol. The molecule has 0 aromatic heterocycles. The zero-order valence-electron chi connectivity index (χ0n) is 12.4. The van der Waals surface area contributed by atoms with Gasteiger partial charge in [0.25, 0.3) is 0 Å². The minimum Gasteiger partial charge on any atom is -0.497 e. The van der Waals surface area contributed by atoms with Crippen LogP contribution in [0.5, 0.6) is 11.5 Å². The number of rotatable bonds is 3. The maximum atomic E-state index is 12.5. The summed E-state index contributed by atoms with van der Waals surface area (Å²) in [5.41, 5.74) is 0.986. The highest BCUT2D eigenvalue weighted by atomic mass is 16.5. The summed E-state index contributed by atoms with van der Waals surface area (Å²) in [4.78, 5) is 25.2. The molecule has 6 heteroatoms. The van der Waals surface area contributed by atoms with Gasteiger partial charge in [0, 0.05) is 19.2 Å². The first-order valence-corrected chi connectivity index (χ1v) is 7.40. The number of methoxy groups -OCH3 is 1. The van der Waals surface area contributed by atoms with Crippen molar-refractivity contribution in [1.82, 2.24) is 4.90 Å². The third kappa shape index (κ3) is 2.73. The molecule has 2 aliphatic rings. The average Bonchev–Trinajstić information content (AvgIpc) is 3.03. The molecule has 1 aromatic carbocycles. The van der Waals surface area contributed by atoms with Gasteiger partial charge < -0.3 is 19.5 Å². The standard InChI is InChI=1S/C16H19NO5/c1-21-13-3-2-10-6-12(9-22-14(10)7-13)15(18)17-5-4-11(8-17)16(19)20/h2-3,7,11-12H,4-6,8-9H2,1H3,(H,19,20)/t11-,12+/m1/s1. The van der Waals surface area contributed by atoms with Crippen molar-refractivity contribution in [2.24, 2.45) is 11.8 Å². The lowest BCUT2D eigenvalue weighted by molar-refractivity contribution is -0.141. The van der Waals surface area contributed by atoms with Gasteiger partial charge in [0.1, 0.15) is 18.1 Å².